The van der Waals surface area contributed by atoms with Crippen LogP contribution in [0.15, 0.2) is 18.2 Å². The van der Waals surface area contributed by atoms with Gasteiger partial charge in [0.2, 0.25) is 0 Å². The monoisotopic (exact) mass is 272 g/mol. The van der Waals surface area contributed by atoms with Gasteiger partial charge in [0.05, 0.1) is 0 Å². The molecular weight excluding hydrogens is 248 g/mol. The predicted molar refractivity (Wildman–Crippen MR) is 81.6 cm³/mol. The molecule has 3 heteroatoms. The Balaban J connectivity index is 1.71. The van der Waals surface area contributed by atoms with Crippen molar-refractivity contribution in [1.29, 1.82) is 0 Å². The van der Waals surface area contributed by atoms with Crippen molar-refractivity contribution in [2.45, 2.75) is 45.4 Å². The number of likely N-dealkylation sites (tertiary alicyclic amines) is 1. The van der Waals surface area contributed by atoms with Crippen LogP contribution in [-0.4, -0.2) is 23.9 Å². The second-order valence-corrected chi connectivity index (χ2v) is 6.52. The Morgan fingerprint density at radius 3 is 2.45 bits per heavy atom. The third-order valence-corrected chi connectivity index (χ3v) is 5.38. The van der Waals surface area contributed by atoms with Crippen LogP contribution in [0.5, 0.6) is 0 Å². The van der Waals surface area contributed by atoms with Crippen LogP contribution in [-0.2, 0) is 0 Å². The Morgan fingerprint density at radius 2 is 1.80 bits per heavy atom. The van der Waals surface area contributed by atoms with Gasteiger partial charge in [-0.15, -0.1) is 0 Å². The van der Waals surface area contributed by atoms with Gasteiger partial charge < -0.3 is 10.6 Å². The van der Waals surface area contributed by atoms with Crippen molar-refractivity contribution in [2.75, 3.05) is 18.8 Å². The Morgan fingerprint density at radius 1 is 1.15 bits per heavy atom. The SMILES string of the molecule is Cc1c(N)cccc1C(=O)N1CCC2(CCCC2)CC1. The number of carbonyl (C=O) groups is 1. The van der Waals surface area contributed by atoms with Crippen molar-refractivity contribution in [3.8, 4) is 0 Å². The molecule has 0 aromatic heterocycles. The fourth-order valence-electron chi connectivity index (χ4n) is 3.86. The molecule has 2 aliphatic rings. The molecule has 1 aromatic rings. The molecule has 0 bridgehead atoms. The summed E-state index contributed by atoms with van der Waals surface area (Å²) in [6.45, 7) is 3.76. The van der Waals surface area contributed by atoms with E-state index in [9.17, 15) is 4.79 Å². The zero-order chi connectivity index (χ0) is 14.2. The van der Waals surface area contributed by atoms with Gasteiger partial charge in [-0.05, 0) is 55.7 Å². The van der Waals surface area contributed by atoms with Gasteiger partial charge in [-0.1, -0.05) is 18.9 Å². The molecule has 1 aliphatic carbocycles. The van der Waals surface area contributed by atoms with Crippen molar-refractivity contribution in [3.63, 3.8) is 0 Å². The molecule has 1 aliphatic heterocycles. The first kappa shape index (κ1) is 13.5. The van der Waals surface area contributed by atoms with Crippen molar-refractivity contribution in [3.05, 3.63) is 29.3 Å². The maximum Gasteiger partial charge on any atom is 0.254 e. The molecule has 1 heterocycles. The molecule has 3 nitrogen and oxygen atoms in total. The Labute approximate surface area is 121 Å². The van der Waals surface area contributed by atoms with E-state index < -0.39 is 0 Å². The molecule has 2 N–H and O–H groups in total. The highest BCUT2D eigenvalue weighted by molar-refractivity contribution is 5.97. The molecule has 1 spiro atoms. The van der Waals surface area contributed by atoms with E-state index in [2.05, 4.69) is 0 Å². The topological polar surface area (TPSA) is 46.3 Å². The Hall–Kier alpha value is -1.51. The van der Waals surface area contributed by atoms with Gasteiger partial charge in [0, 0.05) is 24.3 Å². The lowest BCUT2D eigenvalue weighted by atomic mass is 9.77. The third-order valence-electron chi connectivity index (χ3n) is 5.38. The molecule has 20 heavy (non-hydrogen) atoms. The van der Waals surface area contributed by atoms with Crippen LogP contribution in [0.1, 0.15) is 54.4 Å². The van der Waals surface area contributed by atoms with Gasteiger partial charge in [-0.3, -0.25) is 4.79 Å². The van der Waals surface area contributed by atoms with Gasteiger partial charge >= 0.3 is 0 Å². The van der Waals surface area contributed by atoms with Crippen molar-refractivity contribution >= 4 is 11.6 Å². The highest BCUT2D eigenvalue weighted by atomic mass is 16.2. The highest BCUT2D eigenvalue weighted by Gasteiger charge is 2.38. The number of amides is 1. The third kappa shape index (κ3) is 2.30. The first-order valence-corrected chi connectivity index (χ1v) is 7.76. The second-order valence-electron chi connectivity index (χ2n) is 6.52. The molecule has 0 atom stereocenters. The normalized spacial score (nSPS) is 21.4. The van der Waals surface area contributed by atoms with Crippen molar-refractivity contribution < 1.29 is 4.79 Å². The summed E-state index contributed by atoms with van der Waals surface area (Å²) >= 11 is 0. The van der Waals surface area contributed by atoms with E-state index >= 15 is 0 Å². The lowest BCUT2D eigenvalue weighted by Crippen LogP contribution is -2.42. The number of piperidine rings is 1. The maximum absolute atomic E-state index is 12.6. The van der Waals surface area contributed by atoms with Crippen LogP contribution in [0.25, 0.3) is 0 Å². The molecule has 1 saturated heterocycles. The number of hydrogen-bond acceptors (Lipinski definition) is 2. The lowest BCUT2D eigenvalue weighted by Gasteiger charge is -2.39. The fourth-order valence-corrected chi connectivity index (χ4v) is 3.86. The zero-order valence-electron chi connectivity index (χ0n) is 12.3. The summed E-state index contributed by atoms with van der Waals surface area (Å²) in [5.74, 6) is 0.155. The number of hydrogen-bond donors (Lipinski definition) is 1. The molecule has 108 valence electrons. The molecule has 3 rings (SSSR count). The summed E-state index contributed by atoms with van der Waals surface area (Å²) < 4.78 is 0. The minimum Gasteiger partial charge on any atom is -0.398 e. The molecule has 1 amide bonds. The van der Waals surface area contributed by atoms with Gasteiger partial charge in [0.25, 0.3) is 5.91 Å². The van der Waals surface area contributed by atoms with Crippen molar-refractivity contribution in [1.82, 2.24) is 4.90 Å². The Kier molecular flexibility index (Phi) is 3.45. The number of nitrogen functional groups attached to an aromatic ring is 1. The number of benzene rings is 1. The van der Waals surface area contributed by atoms with Crippen LogP contribution in [0.2, 0.25) is 0 Å². The summed E-state index contributed by atoms with van der Waals surface area (Å²) in [5, 5.41) is 0. The largest absolute Gasteiger partial charge is 0.398 e. The average molecular weight is 272 g/mol. The first-order valence-electron chi connectivity index (χ1n) is 7.76. The summed E-state index contributed by atoms with van der Waals surface area (Å²) in [7, 11) is 0. The van der Waals surface area contributed by atoms with E-state index in [4.69, 9.17) is 5.73 Å². The van der Waals surface area contributed by atoms with E-state index in [1.54, 1.807) is 0 Å². The van der Waals surface area contributed by atoms with E-state index in [1.165, 1.54) is 38.5 Å². The molecule has 1 saturated carbocycles. The van der Waals surface area contributed by atoms with Gasteiger partial charge in [-0.25, -0.2) is 0 Å². The molecule has 0 radical (unpaired) electrons. The van der Waals surface area contributed by atoms with Gasteiger partial charge in [0.1, 0.15) is 0 Å². The summed E-state index contributed by atoms with van der Waals surface area (Å²) in [4.78, 5) is 14.7. The van der Waals surface area contributed by atoms with Gasteiger partial charge in [0.15, 0.2) is 0 Å². The van der Waals surface area contributed by atoms with Crippen LogP contribution in [0.3, 0.4) is 0 Å². The predicted octanol–water partition coefficient (Wildman–Crippen LogP) is 3.37. The average Bonchev–Trinajstić information content (AvgIpc) is 2.90. The number of carbonyl (C=O) groups excluding carboxylic acids is 1. The molecule has 1 aromatic carbocycles. The van der Waals surface area contributed by atoms with E-state index in [1.807, 2.05) is 30.0 Å². The maximum atomic E-state index is 12.6. The highest BCUT2D eigenvalue weighted by Crippen LogP contribution is 2.46. The standard InChI is InChI=1S/C17H24N2O/c1-13-14(5-4-6-15(13)18)16(20)19-11-9-17(10-12-19)7-2-3-8-17/h4-6H,2-3,7-12,18H2,1H3. The fraction of sp³-hybridized carbons (Fsp3) is 0.588. The molecular formula is C17H24N2O. The zero-order valence-corrected chi connectivity index (χ0v) is 12.3. The number of anilines is 1. The summed E-state index contributed by atoms with van der Waals surface area (Å²) in [5.41, 5.74) is 8.86. The minimum atomic E-state index is 0.155. The van der Waals surface area contributed by atoms with Gasteiger partial charge in [-0.2, -0.15) is 0 Å². The number of nitrogens with zero attached hydrogens (tertiary/aromatic N) is 1. The smallest absolute Gasteiger partial charge is 0.254 e. The quantitative estimate of drug-likeness (QED) is 0.797. The van der Waals surface area contributed by atoms with Crippen LogP contribution in [0.4, 0.5) is 5.69 Å². The van der Waals surface area contributed by atoms with Crippen LogP contribution in [0, 0.1) is 12.3 Å². The second kappa shape index (κ2) is 5.12. The first-order chi connectivity index (χ1) is 9.61. The van der Waals surface area contributed by atoms with E-state index in [0.717, 1.165) is 24.2 Å². The molecule has 0 unspecified atom stereocenters. The van der Waals surface area contributed by atoms with E-state index in [0.29, 0.717) is 11.1 Å². The van der Waals surface area contributed by atoms with Crippen molar-refractivity contribution in [2.24, 2.45) is 5.41 Å². The summed E-state index contributed by atoms with van der Waals surface area (Å²) in [6.07, 6.45) is 7.85. The number of rotatable bonds is 1. The molecule has 2 fully saturated rings. The summed E-state index contributed by atoms with van der Waals surface area (Å²) in [6, 6.07) is 5.63. The minimum absolute atomic E-state index is 0.155. The Bertz CT molecular complexity index is 508. The lowest BCUT2D eigenvalue weighted by molar-refractivity contribution is 0.0587. The van der Waals surface area contributed by atoms with Crippen LogP contribution >= 0.6 is 0 Å². The van der Waals surface area contributed by atoms with Crippen LogP contribution < -0.4 is 5.73 Å². The number of nitrogens with two attached hydrogens (primary N) is 1. The van der Waals surface area contributed by atoms with E-state index in [-0.39, 0.29) is 5.91 Å².